The van der Waals surface area contributed by atoms with Crippen molar-refractivity contribution in [1.29, 1.82) is 0 Å². The number of rotatable bonds is 4. The van der Waals surface area contributed by atoms with E-state index in [2.05, 4.69) is 11.9 Å². The molecular weight excluding hydrogens is 288 g/mol. The predicted octanol–water partition coefficient (Wildman–Crippen LogP) is 1.66. The molecule has 0 aromatic rings. The van der Waals surface area contributed by atoms with E-state index in [1.165, 1.54) is 6.08 Å². The molecule has 0 aromatic carbocycles. The number of piperidine rings is 1. The molecule has 0 aromatic heterocycles. The Hall–Kier alpha value is -1.76. The maximum Gasteiger partial charge on any atom is 0.410 e. The summed E-state index contributed by atoms with van der Waals surface area (Å²) in [7, 11) is 0. The van der Waals surface area contributed by atoms with Crippen LogP contribution in [0.3, 0.4) is 0 Å². The number of carbonyl (C=O) groups is 2. The number of hydrogen-bond acceptors (Lipinski definition) is 5. The van der Waals surface area contributed by atoms with Crippen LogP contribution in [0.1, 0.15) is 33.6 Å². The van der Waals surface area contributed by atoms with Crippen molar-refractivity contribution in [1.82, 2.24) is 10.2 Å². The van der Waals surface area contributed by atoms with Gasteiger partial charge in [-0.15, -0.1) is 0 Å². The molecule has 7 nitrogen and oxygen atoms in total. The Morgan fingerprint density at radius 3 is 2.45 bits per heavy atom. The fourth-order valence-electron chi connectivity index (χ4n) is 2.03. The van der Waals surface area contributed by atoms with Crippen LogP contribution in [0, 0.1) is 0 Å². The third-order valence-electron chi connectivity index (χ3n) is 3.24. The lowest BCUT2D eigenvalue weighted by atomic mass is 9.91. The Bertz CT molecular complexity index is 409. The van der Waals surface area contributed by atoms with Crippen LogP contribution < -0.4 is 5.32 Å². The second-order valence-electron chi connectivity index (χ2n) is 6.43. The normalized spacial score (nSPS) is 17.5. The van der Waals surface area contributed by atoms with Gasteiger partial charge in [-0.05, 0) is 33.6 Å². The molecule has 0 aliphatic carbocycles. The topological polar surface area (TPSA) is 88.1 Å². The van der Waals surface area contributed by atoms with Gasteiger partial charge < -0.3 is 24.8 Å². The standard InChI is InChI=1S/C15H26N2O5/c1-5-10-21-12(18)16-11-15(20)6-8-17(9-7-15)13(19)22-14(2,3)4/h5,20H,1,6-11H2,2-4H3,(H,16,18). The average molecular weight is 314 g/mol. The molecule has 1 heterocycles. The first-order chi connectivity index (χ1) is 10.2. The van der Waals surface area contributed by atoms with Crippen molar-refractivity contribution in [3.63, 3.8) is 0 Å². The molecule has 0 saturated carbocycles. The second kappa shape index (κ2) is 7.49. The summed E-state index contributed by atoms with van der Waals surface area (Å²) < 4.78 is 10.1. The Morgan fingerprint density at radius 2 is 1.95 bits per heavy atom. The lowest BCUT2D eigenvalue weighted by Gasteiger charge is -2.38. The molecule has 2 N–H and O–H groups in total. The summed E-state index contributed by atoms with van der Waals surface area (Å²) in [5.41, 5.74) is -1.58. The van der Waals surface area contributed by atoms with Gasteiger partial charge in [0.2, 0.25) is 0 Å². The number of amides is 2. The van der Waals surface area contributed by atoms with Crippen LogP contribution in [-0.4, -0.2) is 59.6 Å². The molecule has 0 spiro atoms. The number of hydrogen-bond donors (Lipinski definition) is 2. The summed E-state index contributed by atoms with van der Waals surface area (Å²) in [6.07, 6.45) is 1.23. The SMILES string of the molecule is C=CCOC(=O)NCC1(O)CCN(C(=O)OC(C)(C)C)CC1. The largest absolute Gasteiger partial charge is 0.445 e. The fourth-order valence-corrected chi connectivity index (χ4v) is 2.03. The maximum absolute atomic E-state index is 11.9. The molecule has 0 unspecified atom stereocenters. The van der Waals surface area contributed by atoms with E-state index in [0.717, 1.165) is 0 Å². The zero-order valence-electron chi connectivity index (χ0n) is 13.6. The summed E-state index contributed by atoms with van der Waals surface area (Å²) in [5.74, 6) is 0. The van der Waals surface area contributed by atoms with Gasteiger partial charge in [-0.3, -0.25) is 0 Å². The van der Waals surface area contributed by atoms with E-state index in [1.807, 2.05) is 20.8 Å². The molecule has 1 fully saturated rings. The third-order valence-corrected chi connectivity index (χ3v) is 3.24. The number of ether oxygens (including phenoxy) is 2. The smallest absolute Gasteiger partial charge is 0.410 e. The van der Waals surface area contributed by atoms with Crippen molar-refractivity contribution in [3.8, 4) is 0 Å². The zero-order chi connectivity index (χ0) is 16.8. The van der Waals surface area contributed by atoms with Gasteiger partial charge in [-0.2, -0.15) is 0 Å². The Morgan fingerprint density at radius 1 is 1.36 bits per heavy atom. The summed E-state index contributed by atoms with van der Waals surface area (Å²) in [6.45, 7) is 9.85. The molecule has 1 saturated heterocycles. The van der Waals surface area contributed by atoms with E-state index in [1.54, 1.807) is 4.90 Å². The van der Waals surface area contributed by atoms with Gasteiger partial charge in [0.15, 0.2) is 0 Å². The van der Waals surface area contributed by atoms with Crippen LogP contribution in [0.5, 0.6) is 0 Å². The van der Waals surface area contributed by atoms with Crippen molar-refractivity contribution in [2.24, 2.45) is 0 Å². The highest BCUT2D eigenvalue weighted by atomic mass is 16.6. The summed E-state index contributed by atoms with van der Waals surface area (Å²) in [6, 6.07) is 0. The van der Waals surface area contributed by atoms with E-state index >= 15 is 0 Å². The summed E-state index contributed by atoms with van der Waals surface area (Å²) >= 11 is 0. The van der Waals surface area contributed by atoms with Crippen LogP contribution in [0.4, 0.5) is 9.59 Å². The molecule has 7 heteroatoms. The van der Waals surface area contributed by atoms with Gasteiger partial charge in [0, 0.05) is 19.6 Å². The lowest BCUT2D eigenvalue weighted by Crippen LogP contribution is -2.52. The van der Waals surface area contributed by atoms with Crippen LogP contribution in [0.15, 0.2) is 12.7 Å². The molecule has 1 aliphatic rings. The maximum atomic E-state index is 11.9. The minimum atomic E-state index is -1.04. The Balaban J connectivity index is 2.38. The minimum Gasteiger partial charge on any atom is -0.445 e. The Kier molecular flexibility index (Phi) is 6.22. The van der Waals surface area contributed by atoms with Gasteiger partial charge in [-0.1, -0.05) is 12.7 Å². The van der Waals surface area contributed by atoms with E-state index in [-0.39, 0.29) is 19.2 Å². The number of carbonyl (C=O) groups excluding carboxylic acids is 2. The predicted molar refractivity (Wildman–Crippen MR) is 81.5 cm³/mol. The molecule has 1 aliphatic heterocycles. The molecule has 2 amide bonds. The van der Waals surface area contributed by atoms with E-state index < -0.39 is 17.3 Å². The van der Waals surface area contributed by atoms with Crippen LogP contribution in [0.2, 0.25) is 0 Å². The highest BCUT2D eigenvalue weighted by molar-refractivity contribution is 5.68. The minimum absolute atomic E-state index is 0.0884. The number of nitrogens with zero attached hydrogens (tertiary/aromatic N) is 1. The first-order valence-corrected chi connectivity index (χ1v) is 7.37. The average Bonchev–Trinajstić information content (AvgIpc) is 2.42. The monoisotopic (exact) mass is 314 g/mol. The first-order valence-electron chi connectivity index (χ1n) is 7.37. The van der Waals surface area contributed by atoms with Crippen molar-refractivity contribution in [2.45, 2.75) is 44.8 Å². The molecule has 22 heavy (non-hydrogen) atoms. The number of aliphatic hydroxyl groups is 1. The fraction of sp³-hybridized carbons (Fsp3) is 0.733. The first kappa shape index (κ1) is 18.3. The molecule has 126 valence electrons. The van der Waals surface area contributed by atoms with E-state index in [0.29, 0.717) is 25.9 Å². The van der Waals surface area contributed by atoms with E-state index in [9.17, 15) is 14.7 Å². The van der Waals surface area contributed by atoms with Crippen LogP contribution >= 0.6 is 0 Å². The van der Waals surface area contributed by atoms with Crippen molar-refractivity contribution < 1.29 is 24.2 Å². The van der Waals surface area contributed by atoms with Gasteiger partial charge in [0.25, 0.3) is 0 Å². The summed E-state index contributed by atoms with van der Waals surface area (Å²) in [5, 5.41) is 12.9. The molecule has 0 atom stereocenters. The molecule has 1 rings (SSSR count). The molecule has 0 bridgehead atoms. The van der Waals surface area contributed by atoms with Gasteiger partial charge >= 0.3 is 12.2 Å². The van der Waals surface area contributed by atoms with Gasteiger partial charge in [0.1, 0.15) is 12.2 Å². The number of likely N-dealkylation sites (tertiary alicyclic amines) is 1. The number of nitrogens with one attached hydrogen (secondary N) is 1. The highest BCUT2D eigenvalue weighted by Gasteiger charge is 2.35. The summed E-state index contributed by atoms with van der Waals surface area (Å²) in [4.78, 5) is 24.8. The van der Waals surface area contributed by atoms with Crippen LogP contribution in [-0.2, 0) is 9.47 Å². The van der Waals surface area contributed by atoms with Crippen molar-refractivity contribution in [3.05, 3.63) is 12.7 Å². The third kappa shape index (κ3) is 6.34. The second-order valence-corrected chi connectivity index (χ2v) is 6.43. The zero-order valence-corrected chi connectivity index (χ0v) is 13.6. The van der Waals surface area contributed by atoms with E-state index in [4.69, 9.17) is 9.47 Å². The van der Waals surface area contributed by atoms with Crippen LogP contribution in [0.25, 0.3) is 0 Å². The highest BCUT2D eigenvalue weighted by Crippen LogP contribution is 2.23. The molecule has 0 radical (unpaired) electrons. The number of alkyl carbamates (subject to hydrolysis) is 1. The van der Waals surface area contributed by atoms with Gasteiger partial charge in [-0.25, -0.2) is 9.59 Å². The van der Waals surface area contributed by atoms with Crippen molar-refractivity contribution in [2.75, 3.05) is 26.2 Å². The molecular formula is C15H26N2O5. The van der Waals surface area contributed by atoms with Crippen molar-refractivity contribution >= 4 is 12.2 Å². The lowest BCUT2D eigenvalue weighted by molar-refractivity contribution is -0.0307. The van der Waals surface area contributed by atoms with Gasteiger partial charge in [0.05, 0.1) is 5.60 Å². The Labute approximate surface area is 131 Å². The quantitative estimate of drug-likeness (QED) is 0.771.